The summed E-state index contributed by atoms with van der Waals surface area (Å²) in [6.07, 6.45) is 1.05. The average molecular weight is 234 g/mol. The van der Waals surface area contributed by atoms with Gasteiger partial charge in [-0.05, 0) is 48.9 Å². The third-order valence-corrected chi connectivity index (χ3v) is 3.13. The van der Waals surface area contributed by atoms with E-state index in [1.165, 1.54) is 5.56 Å². The molecular formula is C13H12ClNO. The van der Waals surface area contributed by atoms with Crippen molar-refractivity contribution < 1.29 is 4.42 Å². The molecule has 0 spiro atoms. The molecule has 1 aliphatic rings. The molecule has 0 unspecified atom stereocenters. The van der Waals surface area contributed by atoms with Crippen LogP contribution in [0.3, 0.4) is 0 Å². The number of nitrogens with one attached hydrogen (secondary N) is 1. The second-order valence-corrected chi connectivity index (χ2v) is 4.43. The van der Waals surface area contributed by atoms with Gasteiger partial charge in [0.2, 0.25) is 0 Å². The van der Waals surface area contributed by atoms with Crippen molar-refractivity contribution in [2.24, 2.45) is 0 Å². The Morgan fingerprint density at radius 2 is 2.00 bits per heavy atom. The molecule has 0 amide bonds. The van der Waals surface area contributed by atoms with E-state index in [1.54, 1.807) is 0 Å². The second-order valence-electron chi connectivity index (χ2n) is 3.99. The third kappa shape index (κ3) is 1.75. The molecule has 1 aromatic carbocycles. The predicted molar refractivity (Wildman–Crippen MR) is 64.6 cm³/mol. The number of furan rings is 1. The Labute approximate surface area is 99.2 Å². The third-order valence-electron chi connectivity index (χ3n) is 2.88. The van der Waals surface area contributed by atoms with E-state index in [-0.39, 0.29) is 0 Å². The summed E-state index contributed by atoms with van der Waals surface area (Å²) in [5.41, 5.74) is 2.41. The molecule has 2 aromatic rings. The summed E-state index contributed by atoms with van der Waals surface area (Å²) < 4.78 is 5.83. The summed E-state index contributed by atoms with van der Waals surface area (Å²) in [6, 6.07) is 9.88. The van der Waals surface area contributed by atoms with Crippen LogP contribution in [0.4, 0.5) is 0 Å². The fraction of sp³-hybridized carbons (Fsp3) is 0.231. The Balaban J connectivity index is 2.00. The molecule has 0 bridgehead atoms. The van der Waals surface area contributed by atoms with Gasteiger partial charge in [-0.2, -0.15) is 0 Å². The van der Waals surface area contributed by atoms with E-state index in [1.807, 2.05) is 24.3 Å². The van der Waals surface area contributed by atoms with Gasteiger partial charge < -0.3 is 9.73 Å². The van der Waals surface area contributed by atoms with Crippen molar-refractivity contribution in [3.05, 3.63) is 46.7 Å². The summed E-state index contributed by atoms with van der Waals surface area (Å²) in [6.45, 7) is 1.87. The Bertz CT molecular complexity index is 478. The lowest BCUT2D eigenvalue weighted by Crippen LogP contribution is -2.22. The Morgan fingerprint density at radius 1 is 1.19 bits per heavy atom. The highest BCUT2D eigenvalue weighted by Gasteiger charge is 2.15. The maximum absolute atomic E-state index is 5.86. The molecule has 1 aromatic heterocycles. The van der Waals surface area contributed by atoms with Gasteiger partial charge >= 0.3 is 0 Å². The zero-order valence-corrected chi connectivity index (χ0v) is 9.55. The lowest BCUT2D eigenvalue weighted by Gasteiger charge is -2.09. The van der Waals surface area contributed by atoms with Gasteiger partial charge in [-0.15, -0.1) is 0 Å². The zero-order chi connectivity index (χ0) is 11.0. The largest absolute Gasteiger partial charge is 0.459 e. The van der Waals surface area contributed by atoms with Gasteiger partial charge in [-0.1, -0.05) is 11.6 Å². The van der Waals surface area contributed by atoms with Crippen LogP contribution in [-0.2, 0) is 13.0 Å². The molecular weight excluding hydrogens is 222 g/mol. The molecule has 0 radical (unpaired) electrons. The monoisotopic (exact) mass is 233 g/mol. The van der Waals surface area contributed by atoms with Gasteiger partial charge in [0, 0.05) is 10.6 Å². The smallest absolute Gasteiger partial charge is 0.134 e. The van der Waals surface area contributed by atoms with Crippen molar-refractivity contribution in [1.29, 1.82) is 0 Å². The fourth-order valence-corrected chi connectivity index (χ4v) is 2.14. The van der Waals surface area contributed by atoms with Crippen molar-refractivity contribution >= 4 is 11.6 Å². The van der Waals surface area contributed by atoms with Crippen LogP contribution in [-0.4, -0.2) is 6.54 Å². The maximum atomic E-state index is 5.86. The van der Waals surface area contributed by atoms with E-state index in [2.05, 4.69) is 11.4 Å². The summed E-state index contributed by atoms with van der Waals surface area (Å²) in [5, 5.41) is 4.05. The number of fused-ring (bicyclic) bond motifs is 1. The quantitative estimate of drug-likeness (QED) is 0.818. The highest BCUT2D eigenvalue weighted by molar-refractivity contribution is 6.30. The minimum atomic E-state index is 0.752. The predicted octanol–water partition coefficient (Wildman–Crippen LogP) is 3.25. The van der Waals surface area contributed by atoms with E-state index < -0.39 is 0 Å². The lowest BCUT2D eigenvalue weighted by atomic mass is 10.1. The van der Waals surface area contributed by atoms with Crippen molar-refractivity contribution in [3.63, 3.8) is 0 Å². The lowest BCUT2D eigenvalue weighted by molar-refractivity contribution is 0.472. The molecule has 2 nitrogen and oxygen atoms in total. The fourth-order valence-electron chi connectivity index (χ4n) is 2.01. The molecule has 0 fully saturated rings. The molecule has 2 heterocycles. The van der Waals surface area contributed by atoms with Crippen LogP contribution < -0.4 is 5.32 Å². The average Bonchev–Trinajstić information content (AvgIpc) is 2.73. The normalized spacial score (nSPS) is 14.8. The van der Waals surface area contributed by atoms with Crippen LogP contribution >= 0.6 is 11.6 Å². The molecule has 0 saturated carbocycles. The van der Waals surface area contributed by atoms with E-state index in [0.717, 1.165) is 41.6 Å². The molecule has 3 heteroatoms. The molecule has 1 N–H and O–H groups in total. The molecule has 0 saturated heterocycles. The minimum absolute atomic E-state index is 0.752. The number of halogens is 1. The SMILES string of the molecule is Clc1ccc(-c2cc3c(o2)CNCC3)cc1. The van der Waals surface area contributed by atoms with E-state index in [9.17, 15) is 0 Å². The summed E-state index contributed by atoms with van der Waals surface area (Å²) in [4.78, 5) is 0. The topological polar surface area (TPSA) is 25.2 Å². The van der Waals surface area contributed by atoms with Crippen LogP contribution in [0.5, 0.6) is 0 Å². The van der Waals surface area contributed by atoms with Crippen LogP contribution in [0.2, 0.25) is 5.02 Å². The number of rotatable bonds is 1. The summed E-state index contributed by atoms with van der Waals surface area (Å²) in [5.74, 6) is 2.00. The van der Waals surface area contributed by atoms with Crippen LogP contribution in [0, 0.1) is 0 Å². The first-order valence-electron chi connectivity index (χ1n) is 5.41. The van der Waals surface area contributed by atoms with Gasteiger partial charge in [0.25, 0.3) is 0 Å². The van der Waals surface area contributed by atoms with Gasteiger partial charge in [-0.25, -0.2) is 0 Å². The van der Waals surface area contributed by atoms with Crippen LogP contribution in [0.15, 0.2) is 34.7 Å². The van der Waals surface area contributed by atoms with Gasteiger partial charge in [-0.3, -0.25) is 0 Å². The highest BCUT2D eigenvalue weighted by atomic mass is 35.5. The first-order chi connectivity index (χ1) is 7.83. The highest BCUT2D eigenvalue weighted by Crippen LogP contribution is 2.28. The standard InChI is InChI=1S/C13H12ClNO/c14-11-3-1-9(2-4-11)12-7-10-5-6-15-8-13(10)16-12/h1-4,7,15H,5-6,8H2. The second kappa shape index (κ2) is 3.96. The molecule has 3 rings (SSSR count). The Kier molecular flexibility index (Phi) is 2.46. The molecule has 1 aliphatic heterocycles. The van der Waals surface area contributed by atoms with Gasteiger partial charge in [0.1, 0.15) is 11.5 Å². The number of hydrogen-bond acceptors (Lipinski definition) is 2. The van der Waals surface area contributed by atoms with Gasteiger partial charge in [0.05, 0.1) is 6.54 Å². The summed E-state index contributed by atoms with van der Waals surface area (Å²) in [7, 11) is 0. The van der Waals surface area contributed by atoms with Gasteiger partial charge in [0.15, 0.2) is 0 Å². The minimum Gasteiger partial charge on any atom is -0.459 e. The molecule has 0 atom stereocenters. The van der Waals surface area contributed by atoms with Crippen molar-refractivity contribution in [3.8, 4) is 11.3 Å². The maximum Gasteiger partial charge on any atom is 0.134 e. The number of benzene rings is 1. The van der Waals surface area contributed by atoms with Crippen molar-refractivity contribution in [1.82, 2.24) is 5.32 Å². The Hall–Kier alpha value is -1.25. The molecule has 0 aliphatic carbocycles. The zero-order valence-electron chi connectivity index (χ0n) is 8.79. The van der Waals surface area contributed by atoms with Crippen LogP contribution in [0.25, 0.3) is 11.3 Å². The first kappa shape index (κ1) is 9.94. The van der Waals surface area contributed by atoms with Crippen molar-refractivity contribution in [2.45, 2.75) is 13.0 Å². The molecule has 16 heavy (non-hydrogen) atoms. The van der Waals surface area contributed by atoms with Crippen molar-refractivity contribution in [2.75, 3.05) is 6.54 Å². The Morgan fingerprint density at radius 3 is 2.75 bits per heavy atom. The van der Waals surface area contributed by atoms with E-state index in [0.29, 0.717) is 0 Å². The van der Waals surface area contributed by atoms with E-state index >= 15 is 0 Å². The number of hydrogen-bond donors (Lipinski definition) is 1. The summed E-state index contributed by atoms with van der Waals surface area (Å²) >= 11 is 5.86. The van der Waals surface area contributed by atoms with Crippen LogP contribution in [0.1, 0.15) is 11.3 Å². The van der Waals surface area contributed by atoms with E-state index in [4.69, 9.17) is 16.0 Å². The first-order valence-corrected chi connectivity index (χ1v) is 5.79. The molecule has 82 valence electrons.